The van der Waals surface area contributed by atoms with Crippen LogP contribution in [-0.4, -0.2) is 29.5 Å². The normalized spacial score (nSPS) is 10.9. The van der Waals surface area contributed by atoms with Crippen molar-refractivity contribution in [2.45, 2.75) is 13.3 Å². The molecule has 0 aliphatic carbocycles. The van der Waals surface area contributed by atoms with Crippen LogP contribution in [0.3, 0.4) is 0 Å². The maximum Gasteiger partial charge on any atom is 0.230 e. The van der Waals surface area contributed by atoms with Gasteiger partial charge in [-0.3, -0.25) is 9.20 Å². The van der Waals surface area contributed by atoms with E-state index in [0.717, 1.165) is 21.9 Å². The van der Waals surface area contributed by atoms with Crippen molar-refractivity contribution in [1.29, 1.82) is 0 Å². The van der Waals surface area contributed by atoms with E-state index in [1.807, 2.05) is 16.0 Å². The van der Waals surface area contributed by atoms with Crippen molar-refractivity contribution >= 4 is 27.9 Å². The molecule has 4 rings (SSSR count). The Morgan fingerprint density at radius 3 is 2.45 bits per heavy atom. The molecule has 0 saturated carbocycles. The second-order valence-electron chi connectivity index (χ2n) is 6.70. The van der Waals surface area contributed by atoms with Crippen LogP contribution in [0.15, 0.2) is 54.0 Å². The highest BCUT2D eigenvalue weighted by Gasteiger charge is 2.13. The van der Waals surface area contributed by atoms with Crippen LogP contribution >= 0.6 is 11.3 Å². The molecule has 0 aliphatic rings. The number of nitrogens with zero attached hydrogens (tertiary/aromatic N) is 2. The van der Waals surface area contributed by atoms with Gasteiger partial charge in [0.25, 0.3) is 0 Å². The van der Waals surface area contributed by atoms with Crippen LogP contribution in [-0.2, 0) is 11.2 Å². The summed E-state index contributed by atoms with van der Waals surface area (Å²) in [5, 5.41) is 4.88. The van der Waals surface area contributed by atoms with Gasteiger partial charge in [0, 0.05) is 46.7 Å². The minimum absolute atomic E-state index is 0.120. The van der Waals surface area contributed by atoms with Gasteiger partial charge in [-0.05, 0) is 6.92 Å². The van der Waals surface area contributed by atoms with Crippen LogP contribution in [0.1, 0.15) is 11.3 Å². The molecular formula is C22H21N3O3S. The van der Waals surface area contributed by atoms with Gasteiger partial charge in [-0.25, -0.2) is 4.98 Å². The van der Waals surface area contributed by atoms with Gasteiger partial charge >= 0.3 is 0 Å². The van der Waals surface area contributed by atoms with Crippen molar-refractivity contribution < 1.29 is 14.3 Å². The molecule has 2 aromatic heterocycles. The highest BCUT2D eigenvalue weighted by molar-refractivity contribution is 7.15. The second-order valence-corrected chi connectivity index (χ2v) is 7.53. The van der Waals surface area contributed by atoms with Crippen molar-refractivity contribution in [1.82, 2.24) is 9.38 Å². The first-order valence-corrected chi connectivity index (χ1v) is 9.99. The van der Waals surface area contributed by atoms with Crippen LogP contribution < -0.4 is 14.8 Å². The molecule has 0 unspecified atom stereocenters. The molecule has 7 heteroatoms. The van der Waals surface area contributed by atoms with Crippen LogP contribution in [0.5, 0.6) is 11.5 Å². The number of carbonyl (C=O) groups is 1. The summed E-state index contributed by atoms with van der Waals surface area (Å²) in [4.78, 5) is 18.2. The monoisotopic (exact) mass is 407 g/mol. The van der Waals surface area contributed by atoms with E-state index in [-0.39, 0.29) is 12.3 Å². The highest BCUT2D eigenvalue weighted by atomic mass is 32.1. The van der Waals surface area contributed by atoms with E-state index >= 15 is 0 Å². The molecule has 0 fully saturated rings. The highest BCUT2D eigenvalue weighted by Crippen LogP contribution is 2.27. The van der Waals surface area contributed by atoms with E-state index in [2.05, 4.69) is 41.5 Å². The lowest BCUT2D eigenvalue weighted by atomic mass is 10.1. The first-order chi connectivity index (χ1) is 14.1. The summed E-state index contributed by atoms with van der Waals surface area (Å²) in [6.45, 7) is 2.06. The van der Waals surface area contributed by atoms with Gasteiger partial charge in [0.1, 0.15) is 11.5 Å². The Labute approximate surface area is 172 Å². The Kier molecular flexibility index (Phi) is 5.22. The summed E-state index contributed by atoms with van der Waals surface area (Å²) in [5.41, 5.74) is 4.69. The molecule has 0 saturated heterocycles. The quantitative estimate of drug-likeness (QED) is 0.509. The molecule has 0 aliphatic heterocycles. The lowest BCUT2D eigenvalue weighted by molar-refractivity contribution is -0.115. The number of thiazole rings is 1. The van der Waals surface area contributed by atoms with Crippen molar-refractivity contribution in [2.75, 3.05) is 19.5 Å². The van der Waals surface area contributed by atoms with E-state index in [0.29, 0.717) is 17.2 Å². The molecule has 148 valence electrons. The van der Waals surface area contributed by atoms with Gasteiger partial charge in [-0.15, -0.1) is 11.3 Å². The van der Waals surface area contributed by atoms with Crippen molar-refractivity contribution in [3.8, 4) is 22.8 Å². The number of hydrogen-bond donors (Lipinski definition) is 1. The number of carbonyl (C=O) groups excluding carboxylic acids is 1. The van der Waals surface area contributed by atoms with E-state index in [1.54, 1.807) is 32.4 Å². The summed E-state index contributed by atoms with van der Waals surface area (Å²) in [6.07, 6.45) is 2.22. The Hall–Kier alpha value is -3.32. The molecule has 1 amide bonds. The average Bonchev–Trinajstić information content (AvgIpc) is 3.30. The fourth-order valence-corrected chi connectivity index (χ4v) is 3.94. The first-order valence-electron chi connectivity index (χ1n) is 9.11. The number of anilines is 1. The van der Waals surface area contributed by atoms with Gasteiger partial charge in [0.15, 0.2) is 4.96 Å². The molecule has 4 aromatic rings. The third-order valence-electron chi connectivity index (χ3n) is 4.61. The lowest BCUT2D eigenvalue weighted by Crippen LogP contribution is -2.15. The van der Waals surface area contributed by atoms with Gasteiger partial charge in [-0.2, -0.15) is 0 Å². The van der Waals surface area contributed by atoms with Gasteiger partial charge in [0.2, 0.25) is 5.91 Å². The summed E-state index contributed by atoms with van der Waals surface area (Å²) >= 11 is 1.52. The molecular weight excluding hydrogens is 386 g/mol. The van der Waals surface area contributed by atoms with E-state index < -0.39 is 0 Å². The number of benzene rings is 2. The minimum Gasteiger partial charge on any atom is -0.497 e. The number of fused-ring (bicyclic) bond motifs is 1. The molecule has 0 radical (unpaired) electrons. The third-order valence-corrected chi connectivity index (χ3v) is 5.50. The fraction of sp³-hybridized carbons (Fsp3) is 0.182. The van der Waals surface area contributed by atoms with Crippen molar-refractivity contribution in [2.24, 2.45) is 0 Å². The number of imidazole rings is 1. The Morgan fingerprint density at radius 2 is 1.79 bits per heavy atom. The predicted molar refractivity (Wildman–Crippen MR) is 115 cm³/mol. The molecule has 0 atom stereocenters. The number of ether oxygens (including phenoxy) is 2. The molecule has 0 bridgehead atoms. The van der Waals surface area contributed by atoms with Crippen LogP contribution in [0.2, 0.25) is 0 Å². The van der Waals surface area contributed by atoms with Crippen molar-refractivity contribution in [3.63, 3.8) is 0 Å². The number of aryl methyl sites for hydroxylation is 1. The van der Waals surface area contributed by atoms with E-state index in [4.69, 9.17) is 9.47 Å². The number of amides is 1. The summed E-state index contributed by atoms with van der Waals surface area (Å²) in [5.74, 6) is 1.12. The molecule has 6 nitrogen and oxygen atoms in total. The predicted octanol–water partition coefficient (Wildman–Crippen LogP) is 4.57. The molecule has 0 spiro atoms. The zero-order chi connectivity index (χ0) is 20.4. The Bertz CT molecular complexity index is 1140. The van der Waals surface area contributed by atoms with Crippen LogP contribution in [0, 0.1) is 6.92 Å². The maximum absolute atomic E-state index is 12.6. The van der Waals surface area contributed by atoms with Gasteiger partial charge < -0.3 is 14.8 Å². The first kappa shape index (κ1) is 19.0. The largest absolute Gasteiger partial charge is 0.497 e. The smallest absolute Gasteiger partial charge is 0.230 e. The average molecular weight is 407 g/mol. The van der Waals surface area contributed by atoms with E-state index in [1.165, 1.54) is 16.9 Å². The SMILES string of the molecule is COc1cc(NC(=O)Cc2csc3nc(-c4ccc(C)cc4)cn23)cc(OC)c1. The molecule has 1 N–H and O–H groups in total. The van der Waals surface area contributed by atoms with Gasteiger partial charge in [0.05, 0.1) is 26.3 Å². The standard InChI is InChI=1S/C22H21N3O3S/c1-14-4-6-15(7-5-14)20-12-25-17(13-29-22(25)24-20)10-21(26)23-16-8-18(27-2)11-19(9-16)28-3/h4-9,11-13H,10H2,1-3H3,(H,23,26). The third kappa shape index (κ3) is 4.09. The fourth-order valence-electron chi connectivity index (χ4n) is 3.07. The van der Waals surface area contributed by atoms with E-state index in [9.17, 15) is 4.79 Å². The lowest BCUT2D eigenvalue weighted by Gasteiger charge is -2.09. The Morgan fingerprint density at radius 1 is 1.10 bits per heavy atom. The maximum atomic E-state index is 12.6. The zero-order valence-electron chi connectivity index (χ0n) is 16.4. The zero-order valence-corrected chi connectivity index (χ0v) is 17.2. The summed E-state index contributed by atoms with van der Waals surface area (Å²) < 4.78 is 12.5. The van der Waals surface area contributed by atoms with Gasteiger partial charge in [-0.1, -0.05) is 29.8 Å². The summed E-state index contributed by atoms with van der Waals surface area (Å²) in [7, 11) is 3.15. The number of nitrogens with one attached hydrogen (secondary N) is 1. The second kappa shape index (κ2) is 7.97. The molecule has 2 heterocycles. The summed E-state index contributed by atoms with van der Waals surface area (Å²) in [6, 6.07) is 13.5. The molecule has 29 heavy (non-hydrogen) atoms. The molecule has 2 aromatic carbocycles. The van der Waals surface area contributed by atoms with Crippen LogP contribution in [0.4, 0.5) is 5.69 Å². The minimum atomic E-state index is -0.120. The number of hydrogen-bond acceptors (Lipinski definition) is 5. The van der Waals surface area contributed by atoms with Crippen molar-refractivity contribution in [3.05, 3.63) is 65.3 Å². The topological polar surface area (TPSA) is 64.9 Å². The number of rotatable bonds is 6. The number of aromatic nitrogens is 2. The Balaban J connectivity index is 1.53. The van der Waals surface area contributed by atoms with Crippen LogP contribution in [0.25, 0.3) is 16.2 Å². The number of methoxy groups -OCH3 is 2.